The molecule has 136 valence electrons. The summed E-state index contributed by atoms with van der Waals surface area (Å²) in [5.74, 6) is -0.173. The van der Waals surface area contributed by atoms with Crippen LogP contribution >= 0.6 is 12.4 Å². The van der Waals surface area contributed by atoms with E-state index in [1.807, 2.05) is 0 Å². The molecule has 1 aromatic rings. The van der Waals surface area contributed by atoms with Gasteiger partial charge in [-0.2, -0.15) is 0 Å². The number of ether oxygens (including phenoxy) is 1. The zero-order valence-electron chi connectivity index (χ0n) is 13.8. The lowest BCUT2D eigenvalue weighted by molar-refractivity contribution is 0.0743. The highest BCUT2D eigenvalue weighted by Gasteiger charge is 2.25. The van der Waals surface area contributed by atoms with Crippen molar-refractivity contribution in [2.45, 2.75) is 17.4 Å². The van der Waals surface area contributed by atoms with Gasteiger partial charge in [-0.05, 0) is 31.2 Å². The number of halogens is 1. The van der Waals surface area contributed by atoms with Crippen LogP contribution < -0.4 is 10.0 Å². The van der Waals surface area contributed by atoms with Crippen molar-refractivity contribution in [1.29, 1.82) is 0 Å². The summed E-state index contributed by atoms with van der Waals surface area (Å²) in [5.41, 5.74) is 0.369. The van der Waals surface area contributed by atoms with Crippen molar-refractivity contribution >= 4 is 28.3 Å². The van der Waals surface area contributed by atoms with Gasteiger partial charge in [0.25, 0.3) is 5.91 Å². The van der Waals surface area contributed by atoms with Gasteiger partial charge in [0, 0.05) is 38.9 Å². The molecule has 1 aromatic carbocycles. The molecule has 1 aliphatic rings. The zero-order chi connectivity index (χ0) is 16.9. The Labute approximate surface area is 149 Å². The maximum Gasteiger partial charge on any atom is 0.253 e. The number of sulfonamides is 1. The van der Waals surface area contributed by atoms with Crippen LogP contribution in [-0.2, 0) is 14.8 Å². The van der Waals surface area contributed by atoms with Gasteiger partial charge in [-0.25, -0.2) is 13.1 Å². The first-order valence-corrected chi connectivity index (χ1v) is 9.00. The fourth-order valence-corrected chi connectivity index (χ4v) is 3.56. The molecule has 1 aliphatic heterocycles. The minimum atomic E-state index is -3.65. The van der Waals surface area contributed by atoms with E-state index in [1.54, 1.807) is 24.1 Å². The van der Waals surface area contributed by atoms with Crippen LogP contribution in [0.15, 0.2) is 29.2 Å². The maximum absolute atomic E-state index is 12.5. The standard InChI is InChI=1S/C15H23N3O4S.ClH/c1-18(13-6-7-16-11-13)15(19)12-4-3-5-14(10-12)23(20,21)17-8-9-22-2;/h3-5,10,13,16-17H,6-9,11H2,1-2H3;1H. The fraction of sp³-hybridized carbons (Fsp3) is 0.533. The zero-order valence-corrected chi connectivity index (χ0v) is 15.5. The minimum absolute atomic E-state index is 0. The van der Waals surface area contributed by atoms with Crippen molar-refractivity contribution in [3.8, 4) is 0 Å². The lowest BCUT2D eigenvalue weighted by Gasteiger charge is -2.24. The average Bonchev–Trinajstić information content (AvgIpc) is 3.08. The second-order valence-corrected chi connectivity index (χ2v) is 7.25. The largest absolute Gasteiger partial charge is 0.383 e. The number of methoxy groups -OCH3 is 1. The van der Waals surface area contributed by atoms with Gasteiger partial charge in [0.1, 0.15) is 0 Å². The van der Waals surface area contributed by atoms with Crippen LogP contribution in [0.5, 0.6) is 0 Å². The van der Waals surface area contributed by atoms with Crippen LogP contribution in [0.3, 0.4) is 0 Å². The molecule has 1 heterocycles. The first-order valence-electron chi connectivity index (χ1n) is 7.52. The molecule has 2 rings (SSSR count). The van der Waals surface area contributed by atoms with Gasteiger partial charge in [0.05, 0.1) is 11.5 Å². The molecule has 24 heavy (non-hydrogen) atoms. The molecule has 1 fully saturated rings. The number of hydrogen-bond acceptors (Lipinski definition) is 5. The molecule has 0 aromatic heterocycles. The van der Waals surface area contributed by atoms with E-state index in [-0.39, 0.29) is 42.4 Å². The van der Waals surface area contributed by atoms with E-state index in [4.69, 9.17) is 4.74 Å². The molecular weight excluding hydrogens is 354 g/mol. The van der Waals surface area contributed by atoms with Crippen molar-refractivity contribution < 1.29 is 17.9 Å². The normalized spacial score (nSPS) is 17.3. The quantitative estimate of drug-likeness (QED) is 0.674. The monoisotopic (exact) mass is 377 g/mol. The first-order chi connectivity index (χ1) is 11.0. The topological polar surface area (TPSA) is 87.7 Å². The molecule has 2 N–H and O–H groups in total. The minimum Gasteiger partial charge on any atom is -0.383 e. The molecule has 1 atom stereocenters. The summed E-state index contributed by atoms with van der Waals surface area (Å²) in [4.78, 5) is 14.3. The molecule has 0 aliphatic carbocycles. The molecule has 0 spiro atoms. The Morgan fingerprint density at radius 2 is 2.21 bits per heavy atom. The van der Waals surface area contributed by atoms with Crippen molar-refractivity contribution in [3.63, 3.8) is 0 Å². The third-order valence-corrected chi connectivity index (χ3v) is 5.35. The van der Waals surface area contributed by atoms with Crippen LogP contribution in [0.1, 0.15) is 16.8 Å². The van der Waals surface area contributed by atoms with Gasteiger partial charge in [0.2, 0.25) is 10.0 Å². The number of hydrogen-bond donors (Lipinski definition) is 2. The highest BCUT2D eigenvalue weighted by atomic mass is 35.5. The second-order valence-electron chi connectivity index (χ2n) is 5.48. The van der Waals surface area contributed by atoms with E-state index in [9.17, 15) is 13.2 Å². The molecule has 7 nitrogen and oxygen atoms in total. The Kier molecular flexibility index (Phi) is 8.11. The van der Waals surface area contributed by atoms with Gasteiger partial charge < -0.3 is 15.0 Å². The third-order valence-electron chi connectivity index (χ3n) is 3.89. The summed E-state index contributed by atoms with van der Waals surface area (Å²) < 4.78 is 31.7. The smallest absolute Gasteiger partial charge is 0.253 e. The summed E-state index contributed by atoms with van der Waals surface area (Å²) in [6.45, 7) is 2.12. The number of likely N-dealkylation sites (N-methyl/N-ethyl adjacent to an activating group) is 1. The molecule has 0 saturated carbocycles. The second kappa shape index (κ2) is 9.33. The van der Waals surface area contributed by atoms with Crippen molar-refractivity contribution in [1.82, 2.24) is 14.9 Å². The van der Waals surface area contributed by atoms with Gasteiger partial charge >= 0.3 is 0 Å². The van der Waals surface area contributed by atoms with Gasteiger partial charge in [-0.1, -0.05) is 6.07 Å². The van der Waals surface area contributed by atoms with E-state index >= 15 is 0 Å². The lowest BCUT2D eigenvalue weighted by atomic mass is 10.1. The number of carbonyl (C=O) groups excluding carboxylic acids is 1. The summed E-state index contributed by atoms with van der Waals surface area (Å²) in [6.07, 6.45) is 0.902. The molecule has 0 bridgehead atoms. The Morgan fingerprint density at radius 1 is 1.46 bits per heavy atom. The molecule has 0 radical (unpaired) electrons. The molecule has 9 heteroatoms. The highest BCUT2D eigenvalue weighted by molar-refractivity contribution is 7.89. The number of nitrogens with zero attached hydrogens (tertiary/aromatic N) is 1. The number of benzene rings is 1. The predicted octanol–water partition coefficient (Wildman–Crippen LogP) is 0.467. The summed E-state index contributed by atoms with van der Waals surface area (Å²) >= 11 is 0. The van der Waals surface area contributed by atoms with E-state index in [0.29, 0.717) is 5.56 Å². The molecule has 1 saturated heterocycles. The maximum atomic E-state index is 12.5. The average molecular weight is 378 g/mol. The van der Waals surface area contributed by atoms with Crippen molar-refractivity contribution in [3.05, 3.63) is 29.8 Å². The van der Waals surface area contributed by atoms with E-state index in [2.05, 4.69) is 10.0 Å². The number of amides is 1. The Hall–Kier alpha value is -1.19. The van der Waals surface area contributed by atoms with Gasteiger partial charge in [0.15, 0.2) is 0 Å². The van der Waals surface area contributed by atoms with Gasteiger partial charge in [-0.3, -0.25) is 4.79 Å². The fourth-order valence-electron chi connectivity index (χ4n) is 2.50. The predicted molar refractivity (Wildman–Crippen MR) is 94.1 cm³/mol. The first kappa shape index (κ1) is 20.9. The lowest BCUT2D eigenvalue weighted by Crippen LogP contribution is -2.38. The van der Waals surface area contributed by atoms with E-state index in [0.717, 1.165) is 19.5 Å². The van der Waals surface area contributed by atoms with E-state index in [1.165, 1.54) is 19.2 Å². The highest BCUT2D eigenvalue weighted by Crippen LogP contribution is 2.15. The van der Waals surface area contributed by atoms with Crippen LogP contribution in [0.25, 0.3) is 0 Å². The molecular formula is C15H24ClN3O4S. The number of rotatable bonds is 7. The Morgan fingerprint density at radius 3 is 2.83 bits per heavy atom. The van der Waals surface area contributed by atoms with Crippen LogP contribution in [0, 0.1) is 0 Å². The molecule has 1 unspecified atom stereocenters. The summed E-state index contributed by atoms with van der Waals surface area (Å²) in [5, 5.41) is 3.21. The number of carbonyl (C=O) groups is 1. The van der Waals surface area contributed by atoms with Crippen LogP contribution in [0.4, 0.5) is 0 Å². The molecule has 1 amide bonds. The van der Waals surface area contributed by atoms with Crippen molar-refractivity contribution in [2.75, 3.05) is 40.4 Å². The summed E-state index contributed by atoms with van der Waals surface area (Å²) in [6, 6.07) is 6.25. The Bertz CT molecular complexity index is 648. The summed E-state index contributed by atoms with van der Waals surface area (Å²) in [7, 11) is -0.397. The van der Waals surface area contributed by atoms with Crippen LogP contribution in [-0.4, -0.2) is 65.7 Å². The number of nitrogens with one attached hydrogen (secondary N) is 2. The Balaban J connectivity index is 0.00000288. The van der Waals surface area contributed by atoms with Crippen molar-refractivity contribution in [2.24, 2.45) is 0 Å². The van der Waals surface area contributed by atoms with Gasteiger partial charge in [-0.15, -0.1) is 12.4 Å². The van der Waals surface area contributed by atoms with Crippen LogP contribution in [0.2, 0.25) is 0 Å². The SMILES string of the molecule is COCCNS(=O)(=O)c1cccc(C(=O)N(C)C2CCNC2)c1.Cl. The van der Waals surface area contributed by atoms with E-state index < -0.39 is 10.0 Å². The third kappa shape index (κ3) is 5.15.